The molecular formula is C44H38Br2N2S2. The van der Waals surface area contributed by atoms with E-state index >= 15 is 0 Å². The highest BCUT2D eigenvalue weighted by Crippen LogP contribution is 2.55. The second-order valence-electron chi connectivity index (χ2n) is 15.1. The van der Waals surface area contributed by atoms with E-state index in [9.17, 15) is 0 Å². The van der Waals surface area contributed by atoms with Crippen molar-refractivity contribution in [1.82, 2.24) is 0 Å². The Kier molecular flexibility index (Phi) is 8.54. The van der Waals surface area contributed by atoms with Crippen LogP contribution in [-0.2, 0) is 10.8 Å². The lowest BCUT2D eigenvalue weighted by atomic mass is 9.87. The van der Waals surface area contributed by atoms with Crippen LogP contribution in [0.1, 0.15) is 52.7 Å². The molecule has 2 heterocycles. The molecule has 0 fully saturated rings. The van der Waals surface area contributed by atoms with Gasteiger partial charge in [-0.3, -0.25) is 0 Å². The Hall–Kier alpha value is -3.42. The number of nitrogens with zero attached hydrogens (tertiary/aromatic N) is 2. The lowest BCUT2D eigenvalue weighted by molar-refractivity contribution is 0.590. The average molecular weight is 819 g/mol. The van der Waals surface area contributed by atoms with Crippen LogP contribution in [0.25, 0.3) is 11.1 Å². The number of halogens is 2. The summed E-state index contributed by atoms with van der Waals surface area (Å²) >= 11 is 11.2. The lowest BCUT2D eigenvalue weighted by Gasteiger charge is -2.34. The first-order valence-corrected chi connectivity index (χ1v) is 20.1. The summed E-state index contributed by atoms with van der Waals surface area (Å²) in [4.78, 5) is 9.77. The minimum absolute atomic E-state index is 0.103. The fourth-order valence-electron chi connectivity index (χ4n) is 6.70. The SMILES string of the molecule is CC(C)(C)c1ccc(N2c3ccc(Br)cc3Sc3cc(-c4ccc5c(c4)Sc4cc(Br)ccc4N5c4ccc(C(C)(C)C)cc4)ccc32)cc1. The van der Waals surface area contributed by atoms with E-state index in [0.717, 1.165) is 8.95 Å². The van der Waals surface area contributed by atoms with Gasteiger partial charge in [0, 0.05) is 39.9 Å². The van der Waals surface area contributed by atoms with Gasteiger partial charge in [0.1, 0.15) is 0 Å². The molecule has 6 aromatic rings. The van der Waals surface area contributed by atoms with Crippen molar-refractivity contribution in [1.29, 1.82) is 0 Å². The Morgan fingerprint density at radius 2 is 0.720 bits per heavy atom. The summed E-state index contributed by atoms with van der Waals surface area (Å²) in [5.41, 5.74) is 12.4. The van der Waals surface area contributed by atoms with E-state index in [1.807, 2.05) is 23.5 Å². The molecule has 0 bridgehead atoms. The highest BCUT2D eigenvalue weighted by molar-refractivity contribution is 9.10. The Morgan fingerprint density at radius 3 is 1.06 bits per heavy atom. The van der Waals surface area contributed by atoms with E-state index in [2.05, 4.69) is 205 Å². The van der Waals surface area contributed by atoms with Crippen LogP contribution in [0, 0.1) is 0 Å². The Morgan fingerprint density at radius 1 is 0.400 bits per heavy atom. The van der Waals surface area contributed by atoms with Crippen LogP contribution in [0.5, 0.6) is 0 Å². The zero-order valence-electron chi connectivity index (χ0n) is 29.0. The van der Waals surface area contributed by atoms with Gasteiger partial charge in [0.25, 0.3) is 0 Å². The van der Waals surface area contributed by atoms with Crippen molar-refractivity contribution in [2.24, 2.45) is 0 Å². The van der Waals surface area contributed by atoms with Gasteiger partial charge < -0.3 is 9.80 Å². The number of rotatable bonds is 3. The van der Waals surface area contributed by atoms with Gasteiger partial charge in [0.05, 0.1) is 22.7 Å². The summed E-state index contributed by atoms with van der Waals surface area (Å²) in [6.45, 7) is 13.6. The molecule has 2 aliphatic heterocycles. The van der Waals surface area contributed by atoms with Crippen molar-refractivity contribution < 1.29 is 0 Å². The van der Waals surface area contributed by atoms with Gasteiger partial charge in [-0.1, -0.05) is 133 Å². The number of fused-ring (bicyclic) bond motifs is 4. The van der Waals surface area contributed by atoms with E-state index < -0.39 is 0 Å². The largest absolute Gasteiger partial charge is 0.308 e. The summed E-state index contributed by atoms with van der Waals surface area (Å²) in [5, 5.41) is 0. The predicted octanol–water partition coefficient (Wildman–Crippen LogP) is 15.3. The van der Waals surface area contributed by atoms with Crippen LogP contribution < -0.4 is 9.80 Å². The van der Waals surface area contributed by atoms with Gasteiger partial charge in [-0.2, -0.15) is 0 Å². The normalized spacial score (nSPS) is 13.8. The maximum atomic E-state index is 3.73. The standard InChI is InChI=1S/C44H38Br2N2S2/c1-43(2,3)29-9-15-33(16-10-29)47-35-19-7-27(23-39(35)49-41-25-31(45)13-21-37(41)47)28-8-20-36-40(24-28)50-42-26-32(46)14-22-38(42)48(36)34-17-11-30(12-18-34)44(4,5)6/h7-26H,1-6H3. The third kappa shape index (κ3) is 6.23. The van der Waals surface area contributed by atoms with E-state index in [0.29, 0.717) is 0 Å². The molecule has 2 nitrogen and oxygen atoms in total. The molecule has 6 heteroatoms. The predicted molar refractivity (Wildman–Crippen MR) is 222 cm³/mol. The Labute approximate surface area is 321 Å². The van der Waals surface area contributed by atoms with Gasteiger partial charge in [-0.15, -0.1) is 0 Å². The van der Waals surface area contributed by atoms with E-state index in [1.165, 1.54) is 76.0 Å². The number of hydrogen-bond acceptors (Lipinski definition) is 4. The second kappa shape index (κ2) is 12.7. The van der Waals surface area contributed by atoms with Gasteiger partial charge in [-0.05, 0) is 118 Å². The molecule has 0 atom stereocenters. The number of benzene rings is 6. The highest BCUT2D eigenvalue weighted by atomic mass is 79.9. The highest BCUT2D eigenvalue weighted by Gasteiger charge is 2.28. The minimum Gasteiger partial charge on any atom is -0.308 e. The van der Waals surface area contributed by atoms with E-state index in [-0.39, 0.29) is 10.8 Å². The molecule has 0 saturated carbocycles. The third-order valence-electron chi connectivity index (χ3n) is 9.48. The fourth-order valence-corrected chi connectivity index (χ4v) is 10.0. The molecule has 2 aliphatic rings. The first-order chi connectivity index (χ1) is 23.8. The summed E-state index contributed by atoms with van der Waals surface area (Å²) in [7, 11) is 0. The fraction of sp³-hybridized carbons (Fsp3) is 0.182. The van der Waals surface area contributed by atoms with Crippen LogP contribution in [0.2, 0.25) is 0 Å². The van der Waals surface area contributed by atoms with Crippen molar-refractivity contribution in [2.45, 2.75) is 72.0 Å². The van der Waals surface area contributed by atoms with Crippen molar-refractivity contribution in [3.05, 3.63) is 141 Å². The molecule has 6 aromatic carbocycles. The average Bonchev–Trinajstić information content (AvgIpc) is 3.08. The summed E-state index contributed by atoms with van der Waals surface area (Å²) in [5.74, 6) is 0. The Balaban J connectivity index is 1.20. The van der Waals surface area contributed by atoms with Gasteiger partial charge >= 0.3 is 0 Å². The van der Waals surface area contributed by atoms with Crippen molar-refractivity contribution in [3.63, 3.8) is 0 Å². The number of hydrogen-bond donors (Lipinski definition) is 0. The zero-order chi connectivity index (χ0) is 34.9. The summed E-state index contributed by atoms with van der Waals surface area (Å²) in [6.07, 6.45) is 0. The first kappa shape index (κ1) is 33.7. The summed E-state index contributed by atoms with van der Waals surface area (Å²) in [6, 6.07) is 45.2. The molecule has 8 rings (SSSR count). The van der Waals surface area contributed by atoms with Crippen molar-refractivity contribution in [2.75, 3.05) is 9.80 Å². The van der Waals surface area contributed by atoms with E-state index in [1.54, 1.807) is 0 Å². The third-order valence-corrected chi connectivity index (χ3v) is 12.7. The minimum atomic E-state index is 0.103. The van der Waals surface area contributed by atoms with Crippen LogP contribution in [-0.4, -0.2) is 0 Å². The van der Waals surface area contributed by atoms with E-state index in [4.69, 9.17) is 0 Å². The molecule has 0 spiro atoms. The smallest absolute Gasteiger partial charge is 0.0602 e. The summed E-state index contributed by atoms with van der Waals surface area (Å²) < 4.78 is 2.17. The molecular weight excluding hydrogens is 780 g/mol. The molecule has 0 unspecified atom stereocenters. The molecule has 0 aliphatic carbocycles. The Bertz CT molecular complexity index is 2100. The molecule has 0 amide bonds. The maximum Gasteiger partial charge on any atom is 0.0602 e. The topological polar surface area (TPSA) is 6.48 Å². The second-order valence-corrected chi connectivity index (χ2v) is 19.1. The van der Waals surface area contributed by atoms with Gasteiger partial charge in [0.15, 0.2) is 0 Å². The molecule has 0 radical (unpaired) electrons. The maximum absolute atomic E-state index is 3.73. The first-order valence-electron chi connectivity index (χ1n) is 16.9. The van der Waals surface area contributed by atoms with Crippen LogP contribution in [0.15, 0.2) is 150 Å². The van der Waals surface area contributed by atoms with Crippen LogP contribution in [0.4, 0.5) is 34.1 Å². The van der Waals surface area contributed by atoms with Gasteiger partial charge in [0.2, 0.25) is 0 Å². The zero-order valence-corrected chi connectivity index (χ0v) is 33.8. The van der Waals surface area contributed by atoms with Crippen molar-refractivity contribution >= 4 is 89.5 Å². The monoisotopic (exact) mass is 816 g/mol. The molecule has 250 valence electrons. The van der Waals surface area contributed by atoms with Crippen LogP contribution >= 0.6 is 55.4 Å². The van der Waals surface area contributed by atoms with Gasteiger partial charge in [-0.25, -0.2) is 0 Å². The molecule has 50 heavy (non-hydrogen) atoms. The number of anilines is 6. The molecule has 0 saturated heterocycles. The molecule has 0 N–H and O–H groups in total. The molecule has 0 aromatic heterocycles. The van der Waals surface area contributed by atoms with Crippen LogP contribution in [0.3, 0.4) is 0 Å². The lowest BCUT2D eigenvalue weighted by Crippen LogP contribution is -2.16. The van der Waals surface area contributed by atoms with Crippen molar-refractivity contribution in [3.8, 4) is 11.1 Å². The quantitative estimate of drug-likeness (QED) is 0.175.